The highest BCUT2D eigenvalue weighted by molar-refractivity contribution is 7.89. The Kier molecular flexibility index (Phi) is 4.37. The van der Waals surface area contributed by atoms with Gasteiger partial charge in [-0.1, -0.05) is 24.3 Å². The number of benzene rings is 1. The predicted molar refractivity (Wildman–Crippen MR) is 72.7 cm³/mol. The number of rotatable bonds is 5. The normalized spacial score (nSPS) is 19.5. The van der Waals surface area contributed by atoms with Gasteiger partial charge >= 0.3 is 0 Å². The van der Waals surface area contributed by atoms with Gasteiger partial charge in [-0.15, -0.1) is 0 Å². The van der Waals surface area contributed by atoms with Gasteiger partial charge in [0.2, 0.25) is 10.0 Å². The van der Waals surface area contributed by atoms with Crippen molar-refractivity contribution in [3.63, 3.8) is 0 Å². The van der Waals surface area contributed by atoms with E-state index in [2.05, 4.69) is 29.6 Å². The molecular weight excluding hydrogens is 248 g/mol. The van der Waals surface area contributed by atoms with Crippen molar-refractivity contribution in [1.82, 2.24) is 5.32 Å². The molecule has 0 spiro atoms. The minimum Gasteiger partial charge on any atom is -0.310 e. The Morgan fingerprint density at radius 1 is 1.33 bits per heavy atom. The molecule has 0 bridgehead atoms. The van der Waals surface area contributed by atoms with Gasteiger partial charge in [0.05, 0.1) is 5.75 Å². The van der Waals surface area contributed by atoms with Crippen LogP contribution >= 0.6 is 0 Å². The van der Waals surface area contributed by atoms with Crippen molar-refractivity contribution in [2.75, 3.05) is 12.3 Å². The molecule has 0 fully saturated rings. The van der Waals surface area contributed by atoms with Gasteiger partial charge in [0, 0.05) is 6.04 Å². The first-order valence-electron chi connectivity index (χ1n) is 6.38. The number of hydrogen-bond acceptors (Lipinski definition) is 3. The Hall–Kier alpha value is -0.910. The molecule has 3 N–H and O–H groups in total. The van der Waals surface area contributed by atoms with Crippen molar-refractivity contribution in [1.29, 1.82) is 0 Å². The number of fused-ring (bicyclic) bond motifs is 1. The number of nitrogens with one attached hydrogen (secondary N) is 1. The molecule has 1 aromatic carbocycles. The summed E-state index contributed by atoms with van der Waals surface area (Å²) in [4.78, 5) is 0. The van der Waals surface area contributed by atoms with Gasteiger partial charge in [0.25, 0.3) is 0 Å². The Morgan fingerprint density at radius 2 is 2.11 bits per heavy atom. The Morgan fingerprint density at radius 3 is 2.89 bits per heavy atom. The van der Waals surface area contributed by atoms with E-state index < -0.39 is 10.0 Å². The first-order chi connectivity index (χ1) is 8.56. The summed E-state index contributed by atoms with van der Waals surface area (Å²) in [6.45, 7) is 0.690. The predicted octanol–water partition coefficient (Wildman–Crippen LogP) is 1.33. The molecule has 4 nitrogen and oxygen atoms in total. The topological polar surface area (TPSA) is 72.2 Å². The summed E-state index contributed by atoms with van der Waals surface area (Å²) in [6.07, 6.45) is 4.01. The average Bonchev–Trinajstić information content (AvgIpc) is 2.33. The van der Waals surface area contributed by atoms with Crippen LogP contribution in [-0.2, 0) is 16.4 Å². The largest absolute Gasteiger partial charge is 0.310 e. The van der Waals surface area contributed by atoms with E-state index in [4.69, 9.17) is 5.14 Å². The van der Waals surface area contributed by atoms with Crippen molar-refractivity contribution in [3.8, 4) is 0 Å². The summed E-state index contributed by atoms with van der Waals surface area (Å²) < 4.78 is 21.7. The van der Waals surface area contributed by atoms with Crippen LogP contribution in [-0.4, -0.2) is 20.7 Å². The van der Waals surface area contributed by atoms with E-state index >= 15 is 0 Å². The highest BCUT2D eigenvalue weighted by atomic mass is 32.2. The minimum atomic E-state index is -3.33. The third-order valence-electron chi connectivity index (χ3n) is 3.37. The van der Waals surface area contributed by atoms with Crippen molar-refractivity contribution >= 4 is 10.0 Å². The monoisotopic (exact) mass is 268 g/mol. The number of aryl methyl sites for hydroxylation is 1. The lowest BCUT2D eigenvalue weighted by molar-refractivity contribution is 0.460. The maximum absolute atomic E-state index is 10.8. The maximum atomic E-state index is 10.8. The second kappa shape index (κ2) is 5.82. The first kappa shape index (κ1) is 13.5. The molecule has 2 rings (SSSR count). The lowest BCUT2D eigenvalue weighted by Crippen LogP contribution is -2.28. The average molecular weight is 268 g/mol. The van der Waals surface area contributed by atoms with Crippen molar-refractivity contribution < 1.29 is 8.42 Å². The molecule has 0 aromatic heterocycles. The zero-order valence-electron chi connectivity index (χ0n) is 10.4. The minimum absolute atomic E-state index is 0.0500. The molecular formula is C13H20N2O2S. The summed E-state index contributed by atoms with van der Waals surface area (Å²) in [6, 6.07) is 8.82. The van der Waals surface area contributed by atoms with Gasteiger partial charge in [-0.2, -0.15) is 0 Å². The molecule has 18 heavy (non-hydrogen) atoms. The van der Waals surface area contributed by atoms with Crippen LogP contribution in [0.1, 0.15) is 36.4 Å². The summed E-state index contributed by atoms with van der Waals surface area (Å²) in [7, 11) is -3.33. The van der Waals surface area contributed by atoms with E-state index in [1.165, 1.54) is 17.5 Å². The molecule has 0 saturated heterocycles. The third-order valence-corrected chi connectivity index (χ3v) is 4.22. The molecule has 1 unspecified atom stereocenters. The Balaban J connectivity index is 1.88. The molecule has 100 valence electrons. The van der Waals surface area contributed by atoms with Crippen molar-refractivity contribution in [2.24, 2.45) is 5.14 Å². The summed E-state index contributed by atoms with van der Waals surface area (Å²) in [5, 5.41) is 8.41. The fourth-order valence-corrected chi connectivity index (χ4v) is 3.06. The summed E-state index contributed by atoms with van der Waals surface area (Å²) in [5.41, 5.74) is 2.77. The standard InChI is InChI=1S/C13H20N2O2S/c14-18(16,17)10-4-9-15-13-8-3-6-11-5-1-2-7-12(11)13/h1-2,5,7,13,15H,3-4,6,8-10H2,(H2,14,16,17). The molecule has 0 amide bonds. The van der Waals surface area contributed by atoms with E-state index in [0.717, 1.165) is 12.8 Å². The lowest BCUT2D eigenvalue weighted by atomic mass is 9.88. The number of hydrogen-bond donors (Lipinski definition) is 2. The Labute approximate surface area is 109 Å². The number of sulfonamides is 1. The van der Waals surface area contributed by atoms with Crippen LogP contribution in [0.25, 0.3) is 0 Å². The fraction of sp³-hybridized carbons (Fsp3) is 0.538. The van der Waals surface area contributed by atoms with E-state index in [1.807, 2.05) is 0 Å². The highest BCUT2D eigenvalue weighted by Crippen LogP contribution is 2.29. The molecule has 0 heterocycles. The van der Waals surface area contributed by atoms with Gasteiger partial charge in [-0.3, -0.25) is 0 Å². The van der Waals surface area contributed by atoms with Crippen molar-refractivity contribution in [2.45, 2.75) is 31.7 Å². The SMILES string of the molecule is NS(=O)(=O)CCCNC1CCCc2ccccc21. The van der Waals surface area contributed by atoms with Crippen molar-refractivity contribution in [3.05, 3.63) is 35.4 Å². The molecule has 1 aliphatic carbocycles. The van der Waals surface area contributed by atoms with Crippen LogP contribution in [0.5, 0.6) is 0 Å². The zero-order valence-corrected chi connectivity index (χ0v) is 11.2. The van der Waals surface area contributed by atoms with Crippen LogP contribution in [0.4, 0.5) is 0 Å². The van der Waals surface area contributed by atoms with Crippen LogP contribution in [0.15, 0.2) is 24.3 Å². The quantitative estimate of drug-likeness (QED) is 0.791. The second-order valence-electron chi connectivity index (χ2n) is 4.82. The van der Waals surface area contributed by atoms with Crippen LogP contribution in [0.3, 0.4) is 0 Å². The van der Waals surface area contributed by atoms with Gasteiger partial charge in [-0.05, 0) is 43.4 Å². The molecule has 0 aliphatic heterocycles. The van der Waals surface area contributed by atoms with Crippen LogP contribution in [0.2, 0.25) is 0 Å². The summed E-state index contributed by atoms with van der Waals surface area (Å²) in [5.74, 6) is 0.0500. The molecule has 0 saturated carbocycles. The zero-order chi connectivity index (χ0) is 13.0. The van der Waals surface area contributed by atoms with E-state index in [0.29, 0.717) is 19.0 Å². The van der Waals surface area contributed by atoms with Crippen LogP contribution < -0.4 is 10.5 Å². The number of primary sulfonamides is 1. The second-order valence-corrected chi connectivity index (χ2v) is 6.55. The van der Waals surface area contributed by atoms with E-state index in [9.17, 15) is 8.42 Å². The Bertz CT molecular complexity index is 499. The van der Waals surface area contributed by atoms with Gasteiger partial charge < -0.3 is 5.32 Å². The third kappa shape index (κ3) is 3.80. The van der Waals surface area contributed by atoms with Gasteiger partial charge in [0.15, 0.2) is 0 Å². The maximum Gasteiger partial charge on any atom is 0.209 e. The smallest absolute Gasteiger partial charge is 0.209 e. The molecule has 1 aliphatic rings. The van der Waals surface area contributed by atoms with Gasteiger partial charge in [0.1, 0.15) is 0 Å². The molecule has 5 heteroatoms. The highest BCUT2D eigenvalue weighted by Gasteiger charge is 2.18. The number of nitrogens with two attached hydrogens (primary N) is 1. The fourth-order valence-electron chi connectivity index (χ4n) is 2.52. The van der Waals surface area contributed by atoms with E-state index in [-0.39, 0.29) is 5.75 Å². The molecule has 0 radical (unpaired) electrons. The lowest BCUT2D eigenvalue weighted by Gasteiger charge is -2.26. The molecule has 1 atom stereocenters. The van der Waals surface area contributed by atoms with Crippen LogP contribution in [0, 0.1) is 0 Å². The summed E-state index contributed by atoms with van der Waals surface area (Å²) >= 11 is 0. The van der Waals surface area contributed by atoms with E-state index in [1.54, 1.807) is 0 Å². The first-order valence-corrected chi connectivity index (χ1v) is 8.09. The molecule has 1 aromatic rings. The van der Waals surface area contributed by atoms with Gasteiger partial charge in [-0.25, -0.2) is 13.6 Å².